The van der Waals surface area contributed by atoms with Gasteiger partial charge in [0.1, 0.15) is 17.9 Å². The highest BCUT2D eigenvalue weighted by atomic mass is 32.2. The molecule has 0 aromatic heterocycles. The van der Waals surface area contributed by atoms with Crippen molar-refractivity contribution in [3.8, 4) is 16.9 Å². The molecule has 2 saturated heterocycles. The number of amides is 2. The number of piperazine rings is 1. The summed E-state index contributed by atoms with van der Waals surface area (Å²) in [6, 6.07) is 21.4. The van der Waals surface area contributed by atoms with Crippen LogP contribution in [0, 0.1) is 0 Å². The number of carbonyl (C=O) groups is 2. The molecule has 3 aliphatic heterocycles. The van der Waals surface area contributed by atoms with Crippen LogP contribution in [0.1, 0.15) is 35.2 Å². The number of ether oxygens (including phenoxy) is 2. The van der Waals surface area contributed by atoms with Gasteiger partial charge in [0.05, 0.1) is 29.3 Å². The highest BCUT2D eigenvalue weighted by molar-refractivity contribution is 7.90. The molecule has 3 aliphatic rings. The molecule has 3 heterocycles. The van der Waals surface area contributed by atoms with Crippen LogP contribution in [0.15, 0.2) is 77.7 Å². The number of fused-ring (bicyclic) bond motifs is 4. The number of aliphatic hydroxyl groups is 1. The van der Waals surface area contributed by atoms with E-state index in [0.717, 1.165) is 16.7 Å². The van der Waals surface area contributed by atoms with Crippen molar-refractivity contribution in [3.05, 3.63) is 83.9 Å². The number of nitrogens with zero attached hydrogens (tertiary/aromatic N) is 2. The second-order valence-electron chi connectivity index (χ2n) is 12.1. The second kappa shape index (κ2) is 13.3. The Balaban J connectivity index is 1.29. The number of nitrogens with one attached hydrogen (secondary N) is 1. The third kappa shape index (κ3) is 7.22. The zero-order chi connectivity index (χ0) is 31.6. The van der Waals surface area contributed by atoms with E-state index in [4.69, 9.17) is 9.47 Å². The number of aliphatic hydroxyl groups excluding tert-OH is 1. The van der Waals surface area contributed by atoms with E-state index in [1.807, 2.05) is 42.5 Å². The molecule has 10 nitrogen and oxygen atoms in total. The van der Waals surface area contributed by atoms with Gasteiger partial charge in [-0.1, -0.05) is 48.5 Å². The van der Waals surface area contributed by atoms with Crippen molar-refractivity contribution < 1.29 is 32.6 Å². The summed E-state index contributed by atoms with van der Waals surface area (Å²) < 4.78 is 36.3. The summed E-state index contributed by atoms with van der Waals surface area (Å²) in [4.78, 5) is 31.9. The quantitative estimate of drug-likeness (QED) is 0.450. The van der Waals surface area contributed by atoms with Crippen LogP contribution in [0.4, 0.5) is 0 Å². The summed E-state index contributed by atoms with van der Waals surface area (Å²) >= 11 is 0. The van der Waals surface area contributed by atoms with Crippen molar-refractivity contribution in [3.63, 3.8) is 0 Å². The Hall–Kier alpha value is -3.77. The lowest BCUT2D eigenvalue weighted by Crippen LogP contribution is -2.61. The molecule has 3 aromatic carbocycles. The predicted octanol–water partition coefficient (Wildman–Crippen LogP) is 2.89. The average Bonchev–Trinajstić information content (AvgIpc) is 3.04. The minimum Gasteiger partial charge on any atom is -0.493 e. The Kier molecular flexibility index (Phi) is 9.23. The SMILES string of the molecule is CS(=O)(=O)c1ccc(CN2CCN3C(=O)c4ccc(-c5ccccc5)cc4OCC[C@@H]4CC[C@H](O)[C@@H](CNC(=O)[C@@H]3C2)O4)cc1. The maximum Gasteiger partial charge on any atom is 0.258 e. The number of hydrogen-bond acceptors (Lipinski definition) is 8. The third-order valence-electron chi connectivity index (χ3n) is 8.86. The van der Waals surface area contributed by atoms with Gasteiger partial charge in [0.15, 0.2) is 9.84 Å². The van der Waals surface area contributed by atoms with E-state index in [0.29, 0.717) is 56.8 Å². The molecule has 0 spiro atoms. The van der Waals surface area contributed by atoms with Crippen LogP contribution in [0.3, 0.4) is 0 Å². The first kappa shape index (κ1) is 31.2. The predicted molar refractivity (Wildman–Crippen MR) is 169 cm³/mol. The van der Waals surface area contributed by atoms with Crippen LogP contribution in [-0.4, -0.2) is 98.5 Å². The monoisotopic (exact) mass is 633 g/mol. The topological polar surface area (TPSA) is 125 Å². The fraction of sp³-hybridized carbons (Fsp3) is 0.412. The lowest BCUT2D eigenvalue weighted by atomic mass is 9.98. The van der Waals surface area contributed by atoms with Gasteiger partial charge >= 0.3 is 0 Å². The molecular weight excluding hydrogens is 594 g/mol. The van der Waals surface area contributed by atoms with Crippen LogP contribution in [-0.2, 0) is 25.9 Å². The molecule has 11 heteroatoms. The van der Waals surface area contributed by atoms with Gasteiger partial charge in [-0.25, -0.2) is 8.42 Å². The Morgan fingerprint density at radius 3 is 2.47 bits per heavy atom. The maximum atomic E-state index is 14.2. The molecule has 45 heavy (non-hydrogen) atoms. The largest absolute Gasteiger partial charge is 0.493 e. The van der Waals surface area contributed by atoms with Gasteiger partial charge in [-0.3, -0.25) is 14.5 Å². The van der Waals surface area contributed by atoms with E-state index < -0.39 is 28.1 Å². The summed E-state index contributed by atoms with van der Waals surface area (Å²) in [7, 11) is -3.31. The van der Waals surface area contributed by atoms with Crippen molar-refractivity contribution in [2.45, 2.75) is 55.1 Å². The van der Waals surface area contributed by atoms with E-state index >= 15 is 0 Å². The number of sulfone groups is 1. The molecule has 4 atom stereocenters. The van der Waals surface area contributed by atoms with Crippen LogP contribution in [0.25, 0.3) is 11.1 Å². The summed E-state index contributed by atoms with van der Waals surface area (Å²) in [5.74, 6) is -0.146. The molecule has 2 amide bonds. The molecular formula is C34H39N3O7S. The fourth-order valence-corrected chi connectivity index (χ4v) is 6.93. The van der Waals surface area contributed by atoms with Crippen LogP contribution < -0.4 is 10.1 Å². The standard InChI is InChI=1S/C34H39N3O7S/c1-45(41,42)27-11-7-23(8-12-27)21-36-16-17-37-29(22-36)33(39)35-20-32-30(38)14-10-26(44-32)15-18-43-31-19-25(9-13-28(31)34(37)40)24-5-3-2-4-6-24/h2-9,11-13,19,26,29-30,32,38H,10,14-18,20-22H2,1H3,(H,35,39)/t26-,29-,30-,32+/m0/s1. The highest BCUT2D eigenvalue weighted by Gasteiger charge is 2.38. The van der Waals surface area contributed by atoms with Crippen molar-refractivity contribution in [1.82, 2.24) is 15.1 Å². The zero-order valence-corrected chi connectivity index (χ0v) is 26.1. The summed E-state index contributed by atoms with van der Waals surface area (Å²) in [5, 5.41) is 13.6. The molecule has 2 bridgehead atoms. The van der Waals surface area contributed by atoms with Crippen LogP contribution in [0.5, 0.6) is 5.75 Å². The Bertz CT molecular complexity index is 1630. The first-order chi connectivity index (χ1) is 21.7. The smallest absolute Gasteiger partial charge is 0.258 e. The van der Waals surface area contributed by atoms with Gasteiger partial charge < -0.3 is 24.8 Å². The summed E-state index contributed by atoms with van der Waals surface area (Å²) in [5.41, 5.74) is 3.22. The van der Waals surface area contributed by atoms with Crippen molar-refractivity contribution in [2.24, 2.45) is 0 Å². The number of carbonyl (C=O) groups excluding carboxylic acids is 2. The maximum absolute atomic E-state index is 14.2. The van der Waals surface area contributed by atoms with Gasteiger partial charge in [-0.2, -0.15) is 0 Å². The lowest BCUT2D eigenvalue weighted by Gasteiger charge is -2.41. The Morgan fingerprint density at radius 1 is 0.933 bits per heavy atom. The molecule has 6 rings (SSSR count). The molecule has 0 aliphatic carbocycles. The summed E-state index contributed by atoms with van der Waals surface area (Å²) in [6.07, 6.45) is 1.64. The first-order valence-electron chi connectivity index (χ1n) is 15.4. The Labute approximate surface area is 263 Å². The van der Waals surface area contributed by atoms with Gasteiger partial charge in [-0.15, -0.1) is 0 Å². The number of benzene rings is 3. The second-order valence-corrected chi connectivity index (χ2v) is 14.1. The van der Waals surface area contributed by atoms with Gasteiger partial charge in [0.2, 0.25) is 5.91 Å². The molecule has 238 valence electrons. The van der Waals surface area contributed by atoms with E-state index in [1.165, 1.54) is 6.26 Å². The Morgan fingerprint density at radius 2 is 1.71 bits per heavy atom. The van der Waals surface area contributed by atoms with Crippen molar-refractivity contribution in [1.29, 1.82) is 0 Å². The van der Waals surface area contributed by atoms with E-state index in [9.17, 15) is 23.1 Å². The van der Waals surface area contributed by atoms with Gasteiger partial charge in [-0.05, 0) is 53.8 Å². The number of hydrogen-bond donors (Lipinski definition) is 2. The third-order valence-corrected chi connectivity index (χ3v) is 9.99. The van der Waals surface area contributed by atoms with E-state index in [-0.39, 0.29) is 35.9 Å². The molecule has 3 aromatic rings. The lowest BCUT2D eigenvalue weighted by molar-refractivity contribution is -0.135. The highest BCUT2D eigenvalue weighted by Crippen LogP contribution is 2.31. The van der Waals surface area contributed by atoms with Crippen molar-refractivity contribution >= 4 is 21.7 Å². The fourth-order valence-electron chi connectivity index (χ4n) is 6.30. The number of rotatable bonds is 4. The first-order valence-corrected chi connectivity index (χ1v) is 17.3. The van der Waals surface area contributed by atoms with E-state index in [1.54, 1.807) is 35.2 Å². The van der Waals surface area contributed by atoms with Gasteiger partial charge in [0, 0.05) is 45.4 Å². The molecule has 0 unspecified atom stereocenters. The van der Waals surface area contributed by atoms with Crippen LogP contribution in [0.2, 0.25) is 0 Å². The molecule has 0 saturated carbocycles. The summed E-state index contributed by atoms with van der Waals surface area (Å²) in [6.45, 7) is 2.08. The van der Waals surface area contributed by atoms with E-state index in [2.05, 4.69) is 10.2 Å². The van der Waals surface area contributed by atoms with Crippen LogP contribution >= 0.6 is 0 Å². The van der Waals surface area contributed by atoms with Crippen molar-refractivity contribution in [2.75, 3.05) is 39.0 Å². The molecule has 2 N–H and O–H groups in total. The van der Waals surface area contributed by atoms with Gasteiger partial charge in [0.25, 0.3) is 5.91 Å². The molecule has 0 radical (unpaired) electrons. The normalized spacial score (nSPS) is 24.9. The zero-order valence-electron chi connectivity index (χ0n) is 25.3. The minimum absolute atomic E-state index is 0.134. The molecule has 2 fully saturated rings. The average molecular weight is 634 g/mol. The minimum atomic E-state index is -3.31.